The minimum atomic E-state index is -3.74. The number of hydrogen-bond donors (Lipinski definition) is 1. The zero-order chi connectivity index (χ0) is 16.0. The zero-order valence-corrected chi connectivity index (χ0v) is 12.8. The van der Waals surface area contributed by atoms with E-state index in [0.29, 0.717) is 0 Å². The molecule has 1 aromatic rings. The molecule has 0 bridgehead atoms. The third kappa shape index (κ3) is 4.55. The van der Waals surface area contributed by atoms with Crippen molar-refractivity contribution >= 4 is 16.0 Å². The summed E-state index contributed by atoms with van der Waals surface area (Å²) < 4.78 is 26.4. The molecule has 0 aromatic heterocycles. The highest BCUT2D eigenvalue weighted by atomic mass is 32.2. The van der Waals surface area contributed by atoms with Crippen LogP contribution < -0.4 is 0 Å². The Morgan fingerprint density at radius 1 is 1.43 bits per heavy atom. The Morgan fingerprint density at radius 3 is 2.62 bits per heavy atom. The van der Waals surface area contributed by atoms with E-state index >= 15 is 0 Å². The van der Waals surface area contributed by atoms with Crippen molar-refractivity contribution in [2.45, 2.75) is 37.6 Å². The average Bonchev–Trinajstić information content (AvgIpc) is 2.42. The molecular formula is C14H18N2O4S. The minimum Gasteiger partial charge on any atom is -0.481 e. The van der Waals surface area contributed by atoms with Crippen molar-refractivity contribution in [1.82, 2.24) is 4.31 Å². The number of sulfonamides is 1. The molecule has 0 unspecified atom stereocenters. The number of carboxylic acid groups (broad SMARTS) is 1. The molecule has 0 heterocycles. The van der Waals surface area contributed by atoms with Crippen molar-refractivity contribution < 1.29 is 18.3 Å². The van der Waals surface area contributed by atoms with Crippen molar-refractivity contribution in [3.8, 4) is 6.07 Å². The second-order valence-corrected chi connectivity index (χ2v) is 6.74. The first-order valence-electron chi connectivity index (χ1n) is 6.53. The largest absolute Gasteiger partial charge is 0.481 e. The van der Waals surface area contributed by atoms with E-state index in [0.717, 1.165) is 0 Å². The van der Waals surface area contributed by atoms with E-state index in [1.54, 1.807) is 13.8 Å². The quantitative estimate of drug-likeness (QED) is 0.828. The van der Waals surface area contributed by atoms with Gasteiger partial charge in [0.15, 0.2) is 0 Å². The molecule has 0 saturated carbocycles. The second-order valence-electron chi connectivity index (χ2n) is 4.85. The second kappa shape index (κ2) is 7.20. The van der Waals surface area contributed by atoms with Gasteiger partial charge in [-0.3, -0.25) is 4.79 Å². The molecule has 0 atom stereocenters. The van der Waals surface area contributed by atoms with Crippen LogP contribution in [0.3, 0.4) is 0 Å². The van der Waals surface area contributed by atoms with E-state index in [1.165, 1.54) is 28.6 Å². The minimum absolute atomic E-state index is 0.0468. The van der Waals surface area contributed by atoms with Crippen LogP contribution in [-0.2, 0) is 14.8 Å². The van der Waals surface area contributed by atoms with Gasteiger partial charge < -0.3 is 5.11 Å². The van der Waals surface area contributed by atoms with Crippen LogP contribution in [0.4, 0.5) is 0 Å². The number of hydrogen-bond acceptors (Lipinski definition) is 4. The van der Waals surface area contributed by atoms with Crippen LogP contribution in [0.15, 0.2) is 29.2 Å². The van der Waals surface area contributed by atoms with Gasteiger partial charge in [-0.1, -0.05) is 6.07 Å². The summed E-state index contributed by atoms with van der Waals surface area (Å²) in [5.41, 5.74) is 0.269. The van der Waals surface area contributed by atoms with Crippen LogP contribution >= 0.6 is 0 Å². The Hall–Kier alpha value is -1.91. The molecule has 0 spiro atoms. The Kier molecular flexibility index (Phi) is 5.88. The lowest BCUT2D eigenvalue weighted by Crippen LogP contribution is -2.37. The van der Waals surface area contributed by atoms with Crippen molar-refractivity contribution in [1.29, 1.82) is 5.26 Å². The van der Waals surface area contributed by atoms with Gasteiger partial charge in [0.25, 0.3) is 0 Å². The molecule has 6 nitrogen and oxygen atoms in total. The number of benzene rings is 1. The maximum absolute atomic E-state index is 12.6. The first kappa shape index (κ1) is 17.1. The third-order valence-corrected chi connectivity index (χ3v) is 4.99. The van der Waals surface area contributed by atoms with Gasteiger partial charge >= 0.3 is 5.97 Å². The molecule has 0 saturated heterocycles. The van der Waals surface area contributed by atoms with Gasteiger partial charge in [-0.05, 0) is 38.5 Å². The number of aliphatic carboxylic acids is 1. The first-order valence-corrected chi connectivity index (χ1v) is 7.97. The predicted octanol–water partition coefficient (Wildman–Crippen LogP) is 1.82. The Labute approximate surface area is 124 Å². The fourth-order valence-corrected chi connectivity index (χ4v) is 3.63. The van der Waals surface area contributed by atoms with Gasteiger partial charge in [0.2, 0.25) is 10.0 Å². The molecule has 21 heavy (non-hydrogen) atoms. The van der Waals surface area contributed by atoms with Gasteiger partial charge in [0.05, 0.1) is 16.5 Å². The van der Waals surface area contributed by atoms with E-state index in [9.17, 15) is 13.2 Å². The lowest BCUT2D eigenvalue weighted by atomic mass is 10.2. The molecule has 0 fully saturated rings. The summed E-state index contributed by atoms with van der Waals surface area (Å²) in [5.74, 6) is -0.956. The van der Waals surface area contributed by atoms with E-state index in [2.05, 4.69) is 0 Å². The summed E-state index contributed by atoms with van der Waals surface area (Å²) in [6.45, 7) is 3.59. The van der Waals surface area contributed by atoms with E-state index in [4.69, 9.17) is 10.4 Å². The smallest absolute Gasteiger partial charge is 0.303 e. The highest BCUT2D eigenvalue weighted by Gasteiger charge is 2.26. The molecule has 0 radical (unpaired) electrons. The standard InChI is InChI=1S/C14H18N2O4S/c1-11(2)16(8-4-7-14(17)18)21(19,20)13-6-3-5-12(9-13)10-15/h3,5-6,9,11H,4,7-8H2,1-2H3,(H,17,18). The fraction of sp³-hybridized carbons (Fsp3) is 0.429. The number of carboxylic acids is 1. The molecular weight excluding hydrogens is 292 g/mol. The fourth-order valence-electron chi connectivity index (χ4n) is 1.90. The van der Waals surface area contributed by atoms with Gasteiger partial charge in [0, 0.05) is 19.0 Å². The Bertz CT molecular complexity index is 647. The topological polar surface area (TPSA) is 98.5 Å². The number of nitriles is 1. The van der Waals surface area contributed by atoms with Crippen LogP contribution in [0.1, 0.15) is 32.3 Å². The van der Waals surface area contributed by atoms with Gasteiger partial charge in [0.1, 0.15) is 0 Å². The van der Waals surface area contributed by atoms with Crippen LogP contribution in [0.5, 0.6) is 0 Å². The van der Waals surface area contributed by atoms with E-state index < -0.39 is 16.0 Å². The first-order chi connectivity index (χ1) is 9.78. The number of carbonyl (C=O) groups is 1. The zero-order valence-electron chi connectivity index (χ0n) is 12.0. The summed E-state index contributed by atoms with van der Waals surface area (Å²) in [4.78, 5) is 10.6. The van der Waals surface area contributed by atoms with E-state index in [1.807, 2.05) is 6.07 Å². The SMILES string of the molecule is CC(C)N(CCCC(=O)O)S(=O)(=O)c1cccc(C#N)c1. The molecule has 114 valence electrons. The molecule has 0 aliphatic heterocycles. The van der Waals surface area contributed by atoms with Crippen LogP contribution in [0, 0.1) is 11.3 Å². The Morgan fingerprint density at radius 2 is 2.10 bits per heavy atom. The molecule has 1 N–H and O–H groups in total. The van der Waals surface area contributed by atoms with Crippen LogP contribution in [0.2, 0.25) is 0 Å². The molecule has 7 heteroatoms. The van der Waals surface area contributed by atoms with Gasteiger partial charge in [-0.2, -0.15) is 9.57 Å². The van der Waals surface area contributed by atoms with Gasteiger partial charge in [-0.15, -0.1) is 0 Å². The van der Waals surface area contributed by atoms with Crippen LogP contribution in [-0.4, -0.2) is 36.4 Å². The molecule has 0 aliphatic rings. The van der Waals surface area contributed by atoms with Crippen molar-refractivity contribution in [3.63, 3.8) is 0 Å². The highest BCUT2D eigenvalue weighted by Crippen LogP contribution is 2.20. The monoisotopic (exact) mass is 310 g/mol. The third-order valence-electron chi connectivity index (χ3n) is 2.91. The molecule has 0 aliphatic carbocycles. The summed E-state index contributed by atoms with van der Waals surface area (Å²) in [6.07, 6.45) is 0.154. The average molecular weight is 310 g/mol. The van der Waals surface area contributed by atoms with Crippen molar-refractivity contribution in [2.24, 2.45) is 0 Å². The normalized spacial score (nSPS) is 11.6. The summed E-state index contributed by atoms with van der Waals surface area (Å²) in [6, 6.07) is 7.41. The van der Waals surface area contributed by atoms with Gasteiger partial charge in [-0.25, -0.2) is 8.42 Å². The number of rotatable bonds is 7. The molecule has 1 aromatic carbocycles. The summed E-state index contributed by atoms with van der Waals surface area (Å²) >= 11 is 0. The maximum atomic E-state index is 12.6. The van der Waals surface area contributed by atoms with Crippen LogP contribution in [0.25, 0.3) is 0 Å². The summed E-state index contributed by atoms with van der Waals surface area (Å²) in [7, 11) is -3.74. The molecule has 1 rings (SSSR count). The lowest BCUT2D eigenvalue weighted by molar-refractivity contribution is -0.137. The summed E-state index contributed by atoms with van der Waals surface area (Å²) in [5, 5.41) is 17.5. The van der Waals surface area contributed by atoms with Crippen molar-refractivity contribution in [3.05, 3.63) is 29.8 Å². The van der Waals surface area contributed by atoms with Crippen molar-refractivity contribution in [2.75, 3.05) is 6.54 Å². The lowest BCUT2D eigenvalue weighted by Gasteiger charge is -2.25. The predicted molar refractivity (Wildman–Crippen MR) is 77.1 cm³/mol. The maximum Gasteiger partial charge on any atom is 0.303 e. The molecule has 0 amide bonds. The number of nitrogens with zero attached hydrogens (tertiary/aromatic N) is 2. The Balaban J connectivity index is 3.04. The highest BCUT2D eigenvalue weighted by molar-refractivity contribution is 7.89. The van der Waals surface area contributed by atoms with E-state index in [-0.39, 0.29) is 35.9 Å².